The molecule has 0 bridgehead atoms. The van der Waals surface area contributed by atoms with Crippen LogP contribution in [0.5, 0.6) is 0 Å². The molecule has 7 nitrogen and oxygen atoms in total. The third-order valence-electron chi connectivity index (χ3n) is 3.61. The first kappa shape index (κ1) is 18.7. The monoisotopic (exact) mass is 398 g/mol. The highest BCUT2D eigenvalue weighted by Crippen LogP contribution is 2.24. The van der Waals surface area contributed by atoms with Gasteiger partial charge in [-0.3, -0.25) is 14.6 Å². The van der Waals surface area contributed by atoms with Crippen molar-refractivity contribution in [1.82, 2.24) is 15.5 Å². The zero-order chi connectivity index (χ0) is 19.7. The second kappa shape index (κ2) is 6.91. The number of halogens is 3. The molecule has 142 valence electrons. The van der Waals surface area contributed by atoms with Crippen molar-refractivity contribution in [3.63, 3.8) is 0 Å². The van der Waals surface area contributed by atoms with Crippen LogP contribution in [-0.4, -0.2) is 37.2 Å². The van der Waals surface area contributed by atoms with Crippen LogP contribution in [0.15, 0.2) is 53.6 Å². The molecule has 0 fully saturated rings. The Labute approximate surface area is 151 Å². The van der Waals surface area contributed by atoms with Gasteiger partial charge in [-0.25, -0.2) is 8.42 Å². The first-order valence-corrected chi connectivity index (χ1v) is 9.04. The maximum Gasteiger partial charge on any atom is 0.405 e. The molecule has 0 radical (unpaired) electrons. The Morgan fingerprint density at radius 3 is 2.48 bits per heavy atom. The summed E-state index contributed by atoms with van der Waals surface area (Å²) in [6.07, 6.45) is -3.06. The molecule has 1 aromatic heterocycles. The second-order valence-electron chi connectivity index (χ2n) is 5.56. The molecule has 0 aliphatic carbocycles. The van der Waals surface area contributed by atoms with Gasteiger partial charge in [0.2, 0.25) is 0 Å². The number of sulfonamides is 1. The molecule has 1 amide bonds. The molecule has 3 aromatic rings. The predicted octanol–water partition coefficient (Wildman–Crippen LogP) is 2.66. The summed E-state index contributed by atoms with van der Waals surface area (Å²) in [5.74, 6) is -0.951. The molecular weight excluding hydrogens is 385 g/mol. The van der Waals surface area contributed by atoms with E-state index in [0.29, 0.717) is 16.6 Å². The summed E-state index contributed by atoms with van der Waals surface area (Å²) in [4.78, 5) is 11.5. The van der Waals surface area contributed by atoms with Crippen molar-refractivity contribution < 1.29 is 26.4 Å². The van der Waals surface area contributed by atoms with E-state index in [1.807, 2.05) is 0 Å². The first-order chi connectivity index (χ1) is 12.7. The number of carbonyl (C=O) groups excluding carboxylic acids is 1. The fourth-order valence-electron chi connectivity index (χ4n) is 2.33. The van der Waals surface area contributed by atoms with Crippen molar-refractivity contribution in [3.05, 3.63) is 54.2 Å². The summed E-state index contributed by atoms with van der Waals surface area (Å²) in [5, 5.41) is 8.85. The van der Waals surface area contributed by atoms with Crippen LogP contribution in [0.2, 0.25) is 0 Å². The molecule has 1 heterocycles. The standard InChI is InChI=1S/C16H13F3N4O3S/c17-16(18,19)9-20-15(24)10-4-6-11(7-5-10)27(25,26)23-14-3-1-2-13-12(14)8-21-22-13/h1-8,23H,9H2,(H,20,24)(H,21,22). The number of hydrogen-bond donors (Lipinski definition) is 3. The van der Waals surface area contributed by atoms with Gasteiger partial charge in [-0.2, -0.15) is 18.3 Å². The lowest BCUT2D eigenvalue weighted by atomic mass is 10.2. The Hall–Kier alpha value is -3.08. The molecule has 0 unspecified atom stereocenters. The van der Waals surface area contributed by atoms with E-state index in [0.717, 1.165) is 24.3 Å². The molecule has 0 saturated carbocycles. The number of H-pyrrole nitrogens is 1. The van der Waals surface area contributed by atoms with Crippen molar-refractivity contribution in [2.45, 2.75) is 11.1 Å². The number of carbonyl (C=O) groups is 1. The lowest BCUT2D eigenvalue weighted by Crippen LogP contribution is -2.33. The highest BCUT2D eigenvalue weighted by molar-refractivity contribution is 7.92. The summed E-state index contributed by atoms with van der Waals surface area (Å²) in [6, 6.07) is 9.49. The van der Waals surface area contributed by atoms with E-state index < -0.39 is 28.7 Å². The summed E-state index contributed by atoms with van der Waals surface area (Å²) in [7, 11) is -3.96. The zero-order valence-corrected chi connectivity index (χ0v) is 14.4. The maximum absolute atomic E-state index is 12.5. The number of anilines is 1. The number of aromatic nitrogens is 2. The van der Waals surface area contributed by atoms with Gasteiger partial charge in [0, 0.05) is 10.9 Å². The number of aromatic amines is 1. The largest absolute Gasteiger partial charge is 0.405 e. The van der Waals surface area contributed by atoms with E-state index in [2.05, 4.69) is 14.9 Å². The molecule has 0 atom stereocenters. The van der Waals surface area contributed by atoms with Crippen molar-refractivity contribution >= 4 is 32.5 Å². The van der Waals surface area contributed by atoms with Gasteiger partial charge in [-0.1, -0.05) is 6.07 Å². The smallest absolute Gasteiger partial charge is 0.343 e. The van der Waals surface area contributed by atoms with Gasteiger partial charge in [0.25, 0.3) is 15.9 Å². The van der Waals surface area contributed by atoms with Gasteiger partial charge < -0.3 is 5.32 Å². The number of nitrogens with one attached hydrogen (secondary N) is 3. The number of nitrogens with zero attached hydrogens (tertiary/aromatic N) is 1. The van der Waals surface area contributed by atoms with Crippen LogP contribution in [0, 0.1) is 0 Å². The Morgan fingerprint density at radius 1 is 1.11 bits per heavy atom. The van der Waals surface area contributed by atoms with Gasteiger partial charge in [0.15, 0.2) is 0 Å². The van der Waals surface area contributed by atoms with Crippen LogP contribution < -0.4 is 10.0 Å². The van der Waals surface area contributed by atoms with Crippen LogP contribution >= 0.6 is 0 Å². The number of alkyl halides is 3. The van der Waals surface area contributed by atoms with E-state index in [9.17, 15) is 26.4 Å². The molecule has 11 heteroatoms. The molecule has 3 rings (SSSR count). The lowest BCUT2D eigenvalue weighted by molar-refractivity contribution is -0.123. The van der Waals surface area contributed by atoms with Crippen molar-refractivity contribution in [2.24, 2.45) is 0 Å². The predicted molar refractivity (Wildman–Crippen MR) is 91.7 cm³/mol. The fourth-order valence-corrected chi connectivity index (χ4v) is 3.41. The van der Waals surface area contributed by atoms with Gasteiger partial charge in [0.1, 0.15) is 6.54 Å². The topological polar surface area (TPSA) is 104 Å². The Bertz CT molecular complexity index is 1080. The molecule has 0 spiro atoms. The van der Waals surface area contributed by atoms with Gasteiger partial charge in [0.05, 0.1) is 22.3 Å². The van der Waals surface area contributed by atoms with Crippen LogP contribution in [0.25, 0.3) is 10.9 Å². The summed E-state index contributed by atoms with van der Waals surface area (Å²) >= 11 is 0. The van der Waals surface area contributed by atoms with Crippen LogP contribution in [0.1, 0.15) is 10.4 Å². The highest BCUT2D eigenvalue weighted by atomic mass is 32.2. The van der Waals surface area contributed by atoms with Crippen molar-refractivity contribution in [1.29, 1.82) is 0 Å². The third kappa shape index (κ3) is 4.37. The second-order valence-corrected chi connectivity index (χ2v) is 7.25. The number of rotatable bonds is 5. The van der Waals surface area contributed by atoms with Crippen LogP contribution in [0.4, 0.5) is 18.9 Å². The van der Waals surface area contributed by atoms with Gasteiger partial charge in [-0.05, 0) is 36.4 Å². The molecule has 27 heavy (non-hydrogen) atoms. The molecule has 0 saturated heterocycles. The summed E-state index contributed by atoms with van der Waals surface area (Å²) in [6.45, 7) is -1.47. The minimum atomic E-state index is -4.53. The van der Waals surface area contributed by atoms with Gasteiger partial charge >= 0.3 is 6.18 Å². The van der Waals surface area contributed by atoms with E-state index >= 15 is 0 Å². The normalized spacial score (nSPS) is 12.1. The maximum atomic E-state index is 12.5. The van der Waals surface area contributed by atoms with E-state index in [-0.39, 0.29) is 10.5 Å². The molecule has 3 N–H and O–H groups in total. The van der Waals surface area contributed by atoms with Crippen molar-refractivity contribution in [3.8, 4) is 0 Å². The molecule has 0 aliphatic heterocycles. The Balaban J connectivity index is 1.77. The third-order valence-corrected chi connectivity index (χ3v) is 4.99. The van der Waals surface area contributed by atoms with Crippen LogP contribution in [0.3, 0.4) is 0 Å². The van der Waals surface area contributed by atoms with Crippen molar-refractivity contribution in [2.75, 3.05) is 11.3 Å². The summed E-state index contributed by atoms with van der Waals surface area (Å²) in [5.41, 5.74) is 0.871. The average Bonchev–Trinajstić information content (AvgIpc) is 3.09. The number of hydrogen-bond acceptors (Lipinski definition) is 4. The number of amides is 1. The first-order valence-electron chi connectivity index (χ1n) is 7.56. The SMILES string of the molecule is O=C(NCC(F)(F)F)c1ccc(S(=O)(=O)Nc2cccc3[nH]ncc23)cc1. The lowest BCUT2D eigenvalue weighted by Gasteiger charge is -2.10. The average molecular weight is 398 g/mol. The highest BCUT2D eigenvalue weighted by Gasteiger charge is 2.28. The van der Waals surface area contributed by atoms with E-state index in [1.165, 1.54) is 6.20 Å². The molecular formula is C16H13F3N4O3S. The quantitative estimate of drug-likeness (QED) is 0.615. The number of benzene rings is 2. The number of fused-ring (bicyclic) bond motifs is 1. The van der Waals surface area contributed by atoms with Crippen LogP contribution in [-0.2, 0) is 10.0 Å². The Morgan fingerprint density at radius 2 is 1.81 bits per heavy atom. The summed E-state index contributed by atoms with van der Waals surface area (Å²) < 4.78 is 63.9. The molecule has 0 aliphatic rings. The van der Waals surface area contributed by atoms with Gasteiger partial charge in [-0.15, -0.1) is 0 Å². The minimum absolute atomic E-state index is 0.0878. The van der Waals surface area contributed by atoms with E-state index in [1.54, 1.807) is 23.5 Å². The Kier molecular flexibility index (Phi) is 4.79. The van der Waals surface area contributed by atoms with E-state index in [4.69, 9.17) is 0 Å². The fraction of sp³-hybridized carbons (Fsp3) is 0.125. The molecule has 2 aromatic carbocycles. The minimum Gasteiger partial charge on any atom is -0.343 e. The zero-order valence-electron chi connectivity index (χ0n) is 13.5.